The minimum atomic E-state index is -0.291. The number of carbonyl (C=O) groups excluding carboxylic acids is 1. The lowest BCUT2D eigenvalue weighted by molar-refractivity contribution is -0.118. The number of rotatable bonds is 7. The molecular formula is C23H20ClFN4OS. The van der Waals surface area contributed by atoms with E-state index in [0.717, 1.165) is 27.4 Å². The van der Waals surface area contributed by atoms with Crippen molar-refractivity contribution in [1.29, 1.82) is 0 Å². The second-order valence-corrected chi connectivity index (χ2v) is 8.42. The molecule has 0 saturated heterocycles. The molecule has 1 amide bonds. The van der Waals surface area contributed by atoms with Crippen LogP contribution in [0, 0.1) is 12.7 Å². The van der Waals surface area contributed by atoms with Gasteiger partial charge in [0.25, 0.3) is 0 Å². The number of halogens is 2. The summed E-state index contributed by atoms with van der Waals surface area (Å²) in [6.07, 6.45) is 2.39. The Hall–Kier alpha value is -2.90. The average molecular weight is 455 g/mol. The minimum Gasteiger partial charge on any atom is -0.355 e. The molecule has 8 heteroatoms. The number of hydrogen-bond donors (Lipinski definition) is 1. The molecule has 5 nitrogen and oxygen atoms in total. The van der Waals surface area contributed by atoms with Gasteiger partial charge in [-0.1, -0.05) is 53.7 Å². The monoisotopic (exact) mass is 454 g/mol. The van der Waals surface area contributed by atoms with Crippen LogP contribution in [-0.4, -0.2) is 32.8 Å². The zero-order chi connectivity index (χ0) is 21.8. The Kier molecular flexibility index (Phi) is 6.53. The van der Waals surface area contributed by atoms with Crippen LogP contribution in [0.5, 0.6) is 0 Å². The molecule has 0 bridgehead atoms. The standard InChI is InChI=1S/C23H20ClFN4OS/c1-15-12-22(31-14-21(30)26-11-10-17-4-2-3-5-20(17)24)29-23(28-15)19(13-27-29)16-6-8-18(25)9-7-16/h2-9,12-13H,10-11,14H2,1H3,(H,26,30). The number of hydrogen-bond acceptors (Lipinski definition) is 4. The van der Waals surface area contributed by atoms with Crippen LogP contribution in [0.2, 0.25) is 5.02 Å². The third kappa shape index (κ3) is 5.06. The van der Waals surface area contributed by atoms with Crippen molar-refractivity contribution in [2.24, 2.45) is 0 Å². The fourth-order valence-electron chi connectivity index (χ4n) is 3.21. The SMILES string of the molecule is Cc1cc(SCC(=O)NCCc2ccccc2Cl)n2ncc(-c3ccc(F)cc3)c2n1. The van der Waals surface area contributed by atoms with Gasteiger partial charge >= 0.3 is 0 Å². The van der Waals surface area contributed by atoms with Gasteiger partial charge in [-0.15, -0.1) is 0 Å². The van der Waals surface area contributed by atoms with E-state index in [1.807, 2.05) is 37.3 Å². The minimum absolute atomic E-state index is 0.0643. The van der Waals surface area contributed by atoms with Crippen molar-refractivity contribution in [1.82, 2.24) is 19.9 Å². The van der Waals surface area contributed by atoms with Gasteiger partial charge in [-0.25, -0.2) is 13.9 Å². The largest absolute Gasteiger partial charge is 0.355 e. The van der Waals surface area contributed by atoms with Crippen molar-refractivity contribution in [3.8, 4) is 11.1 Å². The van der Waals surface area contributed by atoms with E-state index in [9.17, 15) is 9.18 Å². The van der Waals surface area contributed by atoms with Crippen LogP contribution in [0.3, 0.4) is 0 Å². The van der Waals surface area contributed by atoms with E-state index < -0.39 is 0 Å². The maximum absolute atomic E-state index is 13.3. The number of thioether (sulfide) groups is 1. The van der Waals surface area contributed by atoms with Crippen molar-refractivity contribution >= 4 is 34.9 Å². The highest BCUT2D eigenvalue weighted by Gasteiger charge is 2.14. The normalized spacial score (nSPS) is 11.1. The fraction of sp³-hybridized carbons (Fsp3) is 0.174. The number of carbonyl (C=O) groups is 1. The summed E-state index contributed by atoms with van der Waals surface area (Å²) in [6, 6.07) is 15.7. The summed E-state index contributed by atoms with van der Waals surface area (Å²) < 4.78 is 15.0. The molecule has 0 aliphatic carbocycles. The highest BCUT2D eigenvalue weighted by molar-refractivity contribution is 7.99. The van der Waals surface area contributed by atoms with E-state index in [1.54, 1.807) is 22.8 Å². The lowest BCUT2D eigenvalue weighted by atomic mass is 10.1. The quantitative estimate of drug-likeness (QED) is 0.317. The molecule has 2 heterocycles. The molecule has 0 fully saturated rings. The van der Waals surface area contributed by atoms with Crippen molar-refractivity contribution in [2.75, 3.05) is 12.3 Å². The highest BCUT2D eigenvalue weighted by atomic mass is 35.5. The van der Waals surface area contributed by atoms with Crippen LogP contribution < -0.4 is 5.32 Å². The molecule has 0 saturated carbocycles. The maximum atomic E-state index is 13.3. The summed E-state index contributed by atoms with van der Waals surface area (Å²) >= 11 is 7.55. The van der Waals surface area contributed by atoms with Gasteiger partial charge < -0.3 is 5.32 Å². The van der Waals surface area contributed by atoms with E-state index in [4.69, 9.17) is 11.6 Å². The van der Waals surface area contributed by atoms with E-state index in [-0.39, 0.29) is 17.5 Å². The summed E-state index contributed by atoms with van der Waals surface area (Å²) in [6.45, 7) is 2.42. The number of amides is 1. The van der Waals surface area contributed by atoms with E-state index in [2.05, 4.69) is 15.4 Å². The molecule has 0 aliphatic rings. The molecule has 0 unspecified atom stereocenters. The van der Waals surface area contributed by atoms with Crippen LogP contribution in [0.25, 0.3) is 16.8 Å². The van der Waals surface area contributed by atoms with Crippen molar-refractivity contribution < 1.29 is 9.18 Å². The molecule has 158 valence electrons. The van der Waals surface area contributed by atoms with Gasteiger partial charge in [-0.2, -0.15) is 5.10 Å². The first kappa shape index (κ1) is 21.3. The van der Waals surface area contributed by atoms with Crippen molar-refractivity contribution in [3.63, 3.8) is 0 Å². The molecule has 0 atom stereocenters. The summed E-state index contributed by atoms with van der Waals surface area (Å²) in [4.78, 5) is 16.9. The Morgan fingerprint density at radius 2 is 1.97 bits per heavy atom. The van der Waals surface area contributed by atoms with Crippen LogP contribution in [0.15, 0.2) is 65.8 Å². The van der Waals surface area contributed by atoms with Crippen LogP contribution >= 0.6 is 23.4 Å². The third-order valence-electron chi connectivity index (χ3n) is 4.75. The topological polar surface area (TPSA) is 59.3 Å². The van der Waals surface area contributed by atoms with Gasteiger partial charge in [0.2, 0.25) is 5.91 Å². The van der Waals surface area contributed by atoms with E-state index in [1.165, 1.54) is 23.9 Å². The highest BCUT2D eigenvalue weighted by Crippen LogP contribution is 2.27. The first-order valence-corrected chi connectivity index (χ1v) is 11.1. The van der Waals surface area contributed by atoms with Gasteiger partial charge in [0, 0.05) is 22.8 Å². The number of nitrogens with zero attached hydrogens (tertiary/aromatic N) is 3. The Morgan fingerprint density at radius 1 is 1.19 bits per heavy atom. The molecular weight excluding hydrogens is 435 g/mol. The lowest BCUT2D eigenvalue weighted by Crippen LogP contribution is -2.27. The molecule has 2 aromatic heterocycles. The molecule has 0 aliphatic heterocycles. The maximum Gasteiger partial charge on any atom is 0.230 e. The molecule has 31 heavy (non-hydrogen) atoms. The number of benzene rings is 2. The predicted molar refractivity (Wildman–Crippen MR) is 122 cm³/mol. The molecule has 0 radical (unpaired) electrons. The van der Waals surface area contributed by atoms with Crippen LogP contribution in [-0.2, 0) is 11.2 Å². The summed E-state index contributed by atoms with van der Waals surface area (Å²) in [5, 5.41) is 8.89. The Balaban J connectivity index is 1.43. The third-order valence-corrected chi connectivity index (χ3v) is 6.11. The number of nitrogens with one attached hydrogen (secondary N) is 1. The smallest absolute Gasteiger partial charge is 0.230 e. The van der Waals surface area contributed by atoms with Crippen LogP contribution in [0.4, 0.5) is 4.39 Å². The number of aryl methyl sites for hydroxylation is 1. The average Bonchev–Trinajstić information content (AvgIpc) is 3.18. The van der Waals surface area contributed by atoms with E-state index in [0.29, 0.717) is 23.6 Å². The summed E-state index contributed by atoms with van der Waals surface area (Å²) in [5.41, 5.74) is 4.15. The van der Waals surface area contributed by atoms with E-state index >= 15 is 0 Å². The van der Waals surface area contributed by atoms with Gasteiger partial charge in [-0.3, -0.25) is 4.79 Å². The predicted octanol–water partition coefficient (Wildman–Crippen LogP) is 4.95. The Labute approximate surface area is 188 Å². The first-order chi connectivity index (χ1) is 15.0. The van der Waals surface area contributed by atoms with Crippen LogP contribution in [0.1, 0.15) is 11.3 Å². The van der Waals surface area contributed by atoms with Crippen molar-refractivity contribution in [3.05, 3.63) is 82.9 Å². The summed E-state index contributed by atoms with van der Waals surface area (Å²) in [5.74, 6) is -0.0981. The Bertz CT molecular complexity index is 1230. The lowest BCUT2D eigenvalue weighted by Gasteiger charge is -2.08. The second-order valence-electron chi connectivity index (χ2n) is 7.02. The van der Waals surface area contributed by atoms with Gasteiger partial charge in [0.05, 0.1) is 11.9 Å². The molecule has 4 rings (SSSR count). The molecule has 2 aromatic carbocycles. The zero-order valence-electron chi connectivity index (χ0n) is 16.8. The zero-order valence-corrected chi connectivity index (χ0v) is 18.4. The number of aromatic nitrogens is 3. The van der Waals surface area contributed by atoms with Gasteiger partial charge in [0.15, 0.2) is 5.65 Å². The fourth-order valence-corrected chi connectivity index (χ4v) is 4.34. The second kappa shape index (κ2) is 9.49. The molecule has 4 aromatic rings. The van der Waals surface area contributed by atoms with Crippen molar-refractivity contribution in [2.45, 2.75) is 18.4 Å². The Morgan fingerprint density at radius 3 is 2.74 bits per heavy atom. The number of fused-ring (bicyclic) bond motifs is 1. The first-order valence-electron chi connectivity index (χ1n) is 9.75. The summed E-state index contributed by atoms with van der Waals surface area (Å²) in [7, 11) is 0. The van der Waals surface area contributed by atoms with Gasteiger partial charge in [-0.05, 0) is 48.7 Å². The molecule has 1 N–H and O–H groups in total. The molecule has 0 spiro atoms. The van der Waals surface area contributed by atoms with Gasteiger partial charge in [0.1, 0.15) is 10.8 Å².